The van der Waals surface area contributed by atoms with Gasteiger partial charge in [-0.25, -0.2) is 13.6 Å². The summed E-state index contributed by atoms with van der Waals surface area (Å²) in [6.07, 6.45) is 1.64. The number of carbonyl (C=O) groups is 1. The second kappa shape index (κ2) is 8.59. The zero-order valence-corrected chi connectivity index (χ0v) is 17.5. The first-order chi connectivity index (χ1) is 13.2. The van der Waals surface area contributed by atoms with Gasteiger partial charge in [-0.1, -0.05) is 35.3 Å². The Balaban J connectivity index is 1.91. The topological polar surface area (TPSA) is 93.4 Å². The Kier molecular flexibility index (Phi) is 6.36. The van der Waals surface area contributed by atoms with Crippen molar-refractivity contribution in [1.82, 2.24) is 9.88 Å². The van der Waals surface area contributed by atoms with Crippen molar-refractivity contribution in [2.75, 3.05) is 0 Å². The van der Waals surface area contributed by atoms with Crippen LogP contribution in [0.1, 0.15) is 21.6 Å². The summed E-state index contributed by atoms with van der Waals surface area (Å²) in [6, 6.07) is 11.8. The summed E-state index contributed by atoms with van der Waals surface area (Å²) in [7, 11) is -3.87. The van der Waals surface area contributed by atoms with Crippen molar-refractivity contribution in [1.29, 1.82) is 0 Å². The van der Waals surface area contributed by atoms with Gasteiger partial charge >= 0.3 is 0 Å². The van der Waals surface area contributed by atoms with E-state index in [9.17, 15) is 13.2 Å². The van der Waals surface area contributed by atoms with Crippen LogP contribution in [-0.4, -0.2) is 24.2 Å². The second-order valence-electron chi connectivity index (χ2n) is 5.93. The van der Waals surface area contributed by atoms with E-state index in [0.717, 1.165) is 16.9 Å². The highest BCUT2D eigenvalue weighted by Gasteiger charge is 2.21. The monoisotopic (exact) mass is 455 g/mol. The van der Waals surface area contributed by atoms with Gasteiger partial charge in [0.05, 0.1) is 27.8 Å². The molecular weight excluding hydrogens is 441 g/mol. The van der Waals surface area contributed by atoms with Gasteiger partial charge in [-0.05, 0) is 35.9 Å². The van der Waals surface area contributed by atoms with E-state index in [-0.39, 0.29) is 28.8 Å². The summed E-state index contributed by atoms with van der Waals surface area (Å²) >= 11 is 12.9. The number of aromatic nitrogens is 1. The van der Waals surface area contributed by atoms with Crippen molar-refractivity contribution in [2.24, 2.45) is 5.14 Å². The molecule has 0 aliphatic rings. The number of carbonyl (C=O) groups excluding carboxylic acids is 1. The SMILES string of the molecule is NS(=O)(=O)c1cc(C(=O)N(Cc2ccc(Cl)c(Cl)c2)Cc2ccccn2)cs1. The fraction of sp³-hybridized carbons (Fsp3) is 0.111. The normalized spacial score (nSPS) is 11.4. The number of rotatable bonds is 6. The Morgan fingerprint density at radius 1 is 1.11 bits per heavy atom. The highest BCUT2D eigenvalue weighted by Crippen LogP contribution is 2.25. The Morgan fingerprint density at radius 3 is 2.50 bits per heavy atom. The van der Waals surface area contributed by atoms with Crippen molar-refractivity contribution in [3.05, 3.63) is 80.9 Å². The van der Waals surface area contributed by atoms with Gasteiger partial charge in [0.2, 0.25) is 10.0 Å². The summed E-state index contributed by atoms with van der Waals surface area (Å²) in [6.45, 7) is 0.479. The number of benzene rings is 1. The van der Waals surface area contributed by atoms with Crippen molar-refractivity contribution < 1.29 is 13.2 Å². The predicted octanol–water partition coefficient (Wildman–Crippen LogP) is 3.94. The van der Waals surface area contributed by atoms with Crippen LogP contribution in [0.2, 0.25) is 10.0 Å². The molecule has 0 aliphatic carbocycles. The average Bonchev–Trinajstić information content (AvgIpc) is 3.15. The lowest BCUT2D eigenvalue weighted by Gasteiger charge is -2.22. The molecule has 0 atom stereocenters. The van der Waals surface area contributed by atoms with Crippen LogP contribution in [0.5, 0.6) is 0 Å². The molecule has 0 saturated carbocycles. The van der Waals surface area contributed by atoms with Gasteiger partial charge in [-0.3, -0.25) is 9.78 Å². The van der Waals surface area contributed by atoms with Crippen LogP contribution in [0.3, 0.4) is 0 Å². The predicted molar refractivity (Wildman–Crippen MR) is 110 cm³/mol. The maximum absolute atomic E-state index is 13.1. The van der Waals surface area contributed by atoms with Gasteiger partial charge < -0.3 is 4.90 Å². The van der Waals surface area contributed by atoms with E-state index in [1.165, 1.54) is 11.4 Å². The molecule has 3 rings (SSSR count). The average molecular weight is 456 g/mol. The molecule has 0 saturated heterocycles. The van der Waals surface area contributed by atoms with Gasteiger partial charge in [-0.2, -0.15) is 0 Å². The van der Waals surface area contributed by atoms with E-state index in [2.05, 4.69) is 4.98 Å². The molecule has 2 heterocycles. The Bertz CT molecular complexity index is 1100. The molecule has 10 heteroatoms. The Morgan fingerprint density at radius 2 is 1.89 bits per heavy atom. The third-order valence-corrected chi connectivity index (χ3v) is 6.95. The van der Waals surface area contributed by atoms with Crippen LogP contribution >= 0.6 is 34.5 Å². The molecule has 3 aromatic rings. The number of hydrogen-bond acceptors (Lipinski definition) is 5. The highest BCUT2D eigenvalue weighted by molar-refractivity contribution is 7.91. The van der Waals surface area contributed by atoms with E-state index < -0.39 is 10.0 Å². The molecule has 0 bridgehead atoms. The van der Waals surface area contributed by atoms with E-state index >= 15 is 0 Å². The minimum absolute atomic E-state index is 0.0665. The molecule has 0 fully saturated rings. The molecule has 0 unspecified atom stereocenters. The minimum atomic E-state index is -3.87. The van der Waals surface area contributed by atoms with Crippen molar-refractivity contribution in [2.45, 2.75) is 17.3 Å². The van der Waals surface area contributed by atoms with Crippen LogP contribution in [0, 0.1) is 0 Å². The number of amides is 1. The van der Waals surface area contributed by atoms with Crippen LogP contribution in [0.25, 0.3) is 0 Å². The third-order valence-electron chi connectivity index (χ3n) is 3.83. The number of sulfonamides is 1. The molecule has 0 spiro atoms. The summed E-state index contributed by atoms with van der Waals surface area (Å²) in [5, 5.41) is 7.43. The van der Waals surface area contributed by atoms with E-state index in [4.69, 9.17) is 28.3 Å². The van der Waals surface area contributed by atoms with E-state index in [1.807, 2.05) is 6.07 Å². The smallest absolute Gasteiger partial charge is 0.255 e. The molecule has 1 aromatic carbocycles. The van der Waals surface area contributed by atoms with Gasteiger partial charge in [0.25, 0.3) is 5.91 Å². The summed E-state index contributed by atoms with van der Waals surface area (Å²) in [5.74, 6) is -0.345. The summed E-state index contributed by atoms with van der Waals surface area (Å²) in [5.41, 5.74) is 1.71. The van der Waals surface area contributed by atoms with Crippen LogP contribution in [0.4, 0.5) is 0 Å². The largest absolute Gasteiger partial charge is 0.328 e. The molecule has 0 aliphatic heterocycles. The Labute approximate surface area is 176 Å². The first-order valence-electron chi connectivity index (χ1n) is 7.98. The van der Waals surface area contributed by atoms with Gasteiger partial charge in [0, 0.05) is 18.1 Å². The molecular formula is C18H15Cl2N3O3S2. The van der Waals surface area contributed by atoms with E-state index in [0.29, 0.717) is 15.7 Å². The second-order valence-corrected chi connectivity index (χ2v) is 9.44. The molecule has 2 N–H and O–H groups in total. The molecule has 0 radical (unpaired) electrons. The maximum atomic E-state index is 13.1. The fourth-order valence-electron chi connectivity index (χ4n) is 2.51. The molecule has 28 heavy (non-hydrogen) atoms. The lowest BCUT2D eigenvalue weighted by atomic mass is 10.2. The maximum Gasteiger partial charge on any atom is 0.255 e. The zero-order chi connectivity index (χ0) is 20.3. The number of thiophene rings is 1. The lowest BCUT2D eigenvalue weighted by molar-refractivity contribution is 0.0728. The van der Waals surface area contributed by atoms with Gasteiger partial charge in [-0.15, -0.1) is 11.3 Å². The molecule has 2 aromatic heterocycles. The van der Waals surface area contributed by atoms with Crippen LogP contribution < -0.4 is 5.14 Å². The third kappa shape index (κ3) is 5.09. The lowest BCUT2D eigenvalue weighted by Crippen LogP contribution is -2.30. The number of hydrogen-bond donors (Lipinski definition) is 1. The van der Waals surface area contributed by atoms with Crippen LogP contribution in [0.15, 0.2) is 58.3 Å². The molecule has 1 amide bonds. The van der Waals surface area contributed by atoms with Crippen molar-refractivity contribution in [3.8, 4) is 0 Å². The minimum Gasteiger partial charge on any atom is -0.328 e. The highest BCUT2D eigenvalue weighted by atomic mass is 35.5. The van der Waals surface area contributed by atoms with Crippen LogP contribution in [-0.2, 0) is 23.1 Å². The van der Waals surface area contributed by atoms with Gasteiger partial charge in [0.15, 0.2) is 0 Å². The van der Waals surface area contributed by atoms with Crippen molar-refractivity contribution >= 4 is 50.5 Å². The van der Waals surface area contributed by atoms with Crippen molar-refractivity contribution in [3.63, 3.8) is 0 Å². The molecule has 6 nitrogen and oxygen atoms in total. The first-order valence-corrected chi connectivity index (χ1v) is 11.2. The quantitative estimate of drug-likeness (QED) is 0.608. The number of primary sulfonamides is 1. The fourth-order valence-corrected chi connectivity index (χ4v) is 4.41. The summed E-state index contributed by atoms with van der Waals surface area (Å²) < 4.78 is 23.0. The number of nitrogens with two attached hydrogens (primary N) is 1. The van der Waals surface area contributed by atoms with E-state index in [1.54, 1.807) is 41.4 Å². The number of nitrogens with zero attached hydrogens (tertiary/aromatic N) is 2. The standard InChI is InChI=1S/C18H15Cl2N3O3S2/c19-15-5-4-12(7-16(15)20)9-23(10-14-3-1-2-6-22-14)18(24)13-8-17(27-11-13)28(21,25)26/h1-8,11H,9-10H2,(H2,21,25,26). The van der Waals surface area contributed by atoms with Gasteiger partial charge in [0.1, 0.15) is 4.21 Å². The molecule has 146 valence electrons. The summed E-state index contributed by atoms with van der Waals surface area (Å²) in [4.78, 5) is 18.9. The first kappa shape index (κ1) is 20.8. The number of pyridine rings is 1. The number of halogens is 2. The zero-order valence-electron chi connectivity index (χ0n) is 14.4. The Hall–Kier alpha value is -1.97.